The zero-order valence-electron chi connectivity index (χ0n) is 14.6. The lowest BCUT2D eigenvalue weighted by molar-refractivity contribution is -0.113. The molecule has 1 heterocycles. The standard InChI is InChI=1S/C17H22N6O2/c1-5-15(24)23(4)13-8-6-12(7-9-13)17(25)18-14(10-11(2)3)16-19-21-22-20-16/h5-9,11,14H,1,10H2,2-4H3,(H,18,25)(H,19,20,21,22). The van der Waals surface area contributed by atoms with Crippen molar-refractivity contribution in [3.8, 4) is 0 Å². The van der Waals surface area contributed by atoms with Crippen molar-refractivity contribution in [2.24, 2.45) is 5.92 Å². The van der Waals surface area contributed by atoms with Gasteiger partial charge < -0.3 is 10.2 Å². The van der Waals surface area contributed by atoms with E-state index in [1.54, 1.807) is 31.3 Å². The largest absolute Gasteiger partial charge is 0.342 e. The lowest BCUT2D eigenvalue weighted by Crippen LogP contribution is -2.30. The molecule has 1 aromatic carbocycles. The Morgan fingerprint density at radius 1 is 1.32 bits per heavy atom. The number of hydrogen-bond acceptors (Lipinski definition) is 5. The van der Waals surface area contributed by atoms with Crippen molar-refractivity contribution in [3.05, 3.63) is 48.3 Å². The average Bonchev–Trinajstić information content (AvgIpc) is 3.14. The van der Waals surface area contributed by atoms with E-state index in [0.717, 1.165) is 0 Å². The van der Waals surface area contributed by atoms with Gasteiger partial charge in [-0.3, -0.25) is 9.59 Å². The molecule has 0 radical (unpaired) electrons. The summed E-state index contributed by atoms with van der Waals surface area (Å²) >= 11 is 0. The number of benzene rings is 1. The highest BCUT2D eigenvalue weighted by Gasteiger charge is 2.21. The molecule has 8 heteroatoms. The predicted molar refractivity (Wildman–Crippen MR) is 93.9 cm³/mol. The van der Waals surface area contributed by atoms with Crippen LogP contribution in [0.25, 0.3) is 0 Å². The first-order valence-corrected chi connectivity index (χ1v) is 7.96. The maximum atomic E-state index is 12.5. The highest BCUT2D eigenvalue weighted by molar-refractivity contribution is 6.01. The maximum Gasteiger partial charge on any atom is 0.251 e. The third-order valence-electron chi connectivity index (χ3n) is 3.71. The zero-order chi connectivity index (χ0) is 18.4. The van der Waals surface area contributed by atoms with E-state index in [2.05, 4.69) is 46.4 Å². The van der Waals surface area contributed by atoms with Gasteiger partial charge in [0.05, 0.1) is 6.04 Å². The molecule has 1 aromatic heterocycles. The number of tetrazole rings is 1. The molecule has 132 valence electrons. The van der Waals surface area contributed by atoms with Crippen molar-refractivity contribution in [1.82, 2.24) is 25.9 Å². The molecular formula is C17H22N6O2. The number of hydrogen-bond donors (Lipinski definition) is 2. The summed E-state index contributed by atoms with van der Waals surface area (Å²) < 4.78 is 0. The molecule has 1 unspecified atom stereocenters. The molecule has 0 saturated heterocycles. The zero-order valence-corrected chi connectivity index (χ0v) is 14.6. The second-order valence-electron chi connectivity index (χ2n) is 6.07. The van der Waals surface area contributed by atoms with Gasteiger partial charge in [-0.1, -0.05) is 25.6 Å². The van der Waals surface area contributed by atoms with E-state index in [-0.39, 0.29) is 17.9 Å². The molecule has 0 saturated carbocycles. The minimum absolute atomic E-state index is 0.216. The molecule has 0 aliphatic heterocycles. The quantitative estimate of drug-likeness (QED) is 0.748. The lowest BCUT2D eigenvalue weighted by atomic mass is 10.0. The topological polar surface area (TPSA) is 104 Å². The second kappa shape index (κ2) is 8.18. The first-order chi connectivity index (χ1) is 11.9. The van der Waals surface area contributed by atoms with Crippen molar-refractivity contribution in [1.29, 1.82) is 0 Å². The minimum atomic E-state index is -0.323. The number of aromatic amines is 1. The summed E-state index contributed by atoms with van der Waals surface area (Å²) in [6, 6.07) is 6.43. The maximum absolute atomic E-state index is 12.5. The normalized spacial score (nSPS) is 11.8. The van der Waals surface area contributed by atoms with Crippen LogP contribution in [0.2, 0.25) is 0 Å². The van der Waals surface area contributed by atoms with Crippen molar-refractivity contribution in [3.63, 3.8) is 0 Å². The summed E-state index contributed by atoms with van der Waals surface area (Å²) in [7, 11) is 1.65. The monoisotopic (exact) mass is 342 g/mol. The molecule has 1 atom stereocenters. The van der Waals surface area contributed by atoms with Gasteiger partial charge in [-0.2, -0.15) is 5.21 Å². The molecular weight excluding hydrogens is 320 g/mol. The number of nitrogens with zero attached hydrogens (tertiary/aromatic N) is 4. The second-order valence-corrected chi connectivity index (χ2v) is 6.07. The number of likely N-dealkylation sites (N-methyl/N-ethyl adjacent to an activating group) is 1. The highest BCUT2D eigenvalue weighted by atomic mass is 16.2. The minimum Gasteiger partial charge on any atom is -0.342 e. The number of carbonyl (C=O) groups is 2. The summed E-state index contributed by atoms with van der Waals surface area (Å²) in [6.45, 7) is 7.57. The summed E-state index contributed by atoms with van der Waals surface area (Å²) in [4.78, 5) is 25.6. The van der Waals surface area contributed by atoms with Crippen LogP contribution in [0.1, 0.15) is 42.5 Å². The van der Waals surface area contributed by atoms with Gasteiger partial charge >= 0.3 is 0 Å². The Kier molecular flexibility index (Phi) is 5.99. The fourth-order valence-corrected chi connectivity index (χ4v) is 2.36. The molecule has 0 aliphatic rings. The van der Waals surface area contributed by atoms with Crippen molar-refractivity contribution in [2.45, 2.75) is 26.3 Å². The third kappa shape index (κ3) is 4.72. The number of carbonyl (C=O) groups excluding carboxylic acids is 2. The Bertz CT molecular complexity index is 724. The van der Waals surface area contributed by atoms with Gasteiger partial charge in [0.15, 0.2) is 5.82 Å². The van der Waals surface area contributed by atoms with Gasteiger partial charge in [0.25, 0.3) is 5.91 Å². The smallest absolute Gasteiger partial charge is 0.251 e. The number of nitrogens with one attached hydrogen (secondary N) is 2. The molecule has 2 aromatic rings. The van der Waals surface area contributed by atoms with Gasteiger partial charge in [-0.15, -0.1) is 10.2 Å². The molecule has 0 spiro atoms. The fourth-order valence-electron chi connectivity index (χ4n) is 2.36. The van der Waals surface area contributed by atoms with Crippen LogP contribution < -0.4 is 10.2 Å². The van der Waals surface area contributed by atoms with E-state index >= 15 is 0 Å². The van der Waals surface area contributed by atoms with E-state index in [9.17, 15) is 9.59 Å². The van der Waals surface area contributed by atoms with Gasteiger partial charge in [0.1, 0.15) is 0 Å². The van der Waals surface area contributed by atoms with Gasteiger partial charge in [0.2, 0.25) is 5.91 Å². The summed E-state index contributed by atoms with van der Waals surface area (Å²) in [5.41, 5.74) is 1.17. The number of H-pyrrole nitrogens is 1. The summed E-state index contributed by atoms with van der Waals surface area (Å²) in [5, 5.41) is 16.8. The van der Waals surface area contributed by atoms with Crippen LogP contribution >= 0.6 is 0 Å². The van der Waals surface area contributed by atoms with Crippen LogP contribution in [-0.4, -0.2) is 39.5 Å². The summed E-state index contributed by atoms with van der Waals surface area (Å²) in [5.74, 6) is 0.353. The van der Waals surface area contributed by atoms with Crippen molar-refractivity contribution in [2.75, 3.05) is 11.9 Å². The molecule has 2 amide bonds. The first-order valence-electron chi connectivity index (χ1n) is 7.96. The molecule has 0 fully saturated rings. The molecule has 8 nitrogen and oxygen atoms in total. The van der Waals surface area contributed by atoms with Crippen LogP contribution in [-0.2, 0) is 4.79 Å². The van der Waals surface area contributed by atoms with Crippen LogP contribution in [0.3, 0.4) is 0 Å². The van der Waals surface area contributed by atoms with Gasteiger partial charge in [-0.05, 0) is 42.7 Å². The Labute approximate surface area is 146 Å². The Morgan fingerprint density at radius 3 is 2.52 bits per heavy atom. The van der Waals surface area contributed by atoms with Crippen LogP contribution in [0.15, 0.2) is 36.9 Å². The number of rotatable bonds is 7. The number of aromatic nitrogens is 4. The molecule has 25 heavy (non-hydrogen) atoms. The van der Waals surface area contributed by atoms with E-state index in [1.807, 2.05) is 0 Å². The van der Waals surface area contributed by atoms with Crippen LogP contribution in [0, 0.1) is 5.92 Å². The van der Waals surface area contributed by atoms with Gasteiger partial charge in [-0.25, -0.2) is 0 Å². The molecule has 0 aliphatic carbocycles. The SMILES string of the molecule is C=CC(=O)N(C)c1ccc(C(=O)NC(CC(C)C)c2nn[nH]n2)cc1. The highest BCUT2D eigenvalue weighted by Crippen LogP contribution is 2.19. The molecule has 0 bridgehead atoms. The van der Waals surface area contributed by atoms with E-state index in [1.165, 1.54) is 11.0 Å². The Balaban J connectivity index is 2.11. The van der Waals surface area contributed by atoms with E-state index in [4.69, 9.17) is 0 Å². The number of anilines is 1. The predicted octanol–water partition coefficient (Wildman–Crippen LogP) is 1.87. The van der Waals surface area contributed by atoms with Crippen LogP contribution in [0.4, 0.5) is 5.69 Å². The fraction of sp³-hybridized carbons (Fsp3) is 0.353. The van der Waals surface area contributed by atoms with Crippen molar-refractivity contribution >= 4 is 17.5 Å². The lowest BCUT2D eigenvalue weighted by Gasteiger charge is -2.18. The van der Waals surface area contributed by atoms with E-state index in [0.29, 0.717) is 29.4 Å². The average molecular weight is 342 g/mol. The van der Waals surface area contributed by atoms with Crippen LogP contribution in [0.5, 0.6) is 0 Å². The van der Waals surface area contributed by atoms with Gasteiger partial charge in [0, 0.05) is 18.3 Å². The Morgan fingerprint density at radius 2 is 2.00 bits per heavy atom. The first kappa shape index (κ1) is 18.3. The molecule has 2 rings (SSSR count). The summed E-state index contributed by atoms with van der Waals surface area (Å²) in [6.07, 6.45) is 1.93. The number of amides is 2. The van der Waals surface area contributed by atoms with E-state index < -0.39 is 0 Å². The molecule has 2 N–H and O–H groups in total. The van der Waals surface area contributed by atoms with Crippen molar-refractivity contribution < 1.29 is 9.59 Å². The third-order valence-corrected chi connectivity index (χ3v) is 3.71. The Hall–Kier alpha value is -3.03.